The third-order valence-corrected chi connectivity index (χ3v) is 11.0. The zero-order valence-electron chi connectivity index (χ0n) is 20.4. The van der Waals surface area contributed by atoms with Gasteiger partial charge in [-0.1, -0.05) is 32.0 Å². The highest BCUT2D eigenvalue weighted by atomic mass is 16.5. The molecule has 4 N–H and O–H groups in total. The molecular formula is C28H39NO4. The molecule has 2 aromatic rings. The van der Waals surface area contributed by atoms with Crippen molar-refractivity contribution in [3.05, 3.63) is 35.5 Å². The Labute approximate surface area is 196 Å². The normalized spacial score (nSPS) is 44.8. The Morgan fingerprint density at radius 1 is 1.15 bits per heavy atom. The van der Waals surface area contributed by atoms with Gasteiger partial charge in [-0.15, -0.1) is 0 Å². The molecule has 0 spiro atoms. The second kappa shape index (κ2) is 6.84. The Balaban J connectivity index is 1.46. The Morgan fingerprint density at radius 2 is 1.91 bits per heavy atom. The van der Waals surface area contributed by atoms with E-state index in [1.165, 1.54) is 22.2 Å². The lowest BCUT2D eigenvalue weighted by atomic mass is 9.39. The molecule has 1 aromatic heterocycles. The van der Waals surface area contributed by atoms with Gasteiger partial charge in [0, 0.05) is 33.8 Å². The van der Waals surface area contributed by atoms with Gasteiger partial charge < -0.3 is 25.0 Å². The lowest BCUT2D eigenvalue weighted by Gasteiger charge is -2.68. The van der Waals surface area contributed by atoms with E-state index < -0.39 is 23.2 Å². The molecule has 0 bridgehead atoms. The van der Waals surface area contributed by atoms with Gasteiger partial charge in [-0.05, 0) is 74.8 Å². The van der Waals surface area contributed by atoms with Crippen LogP contribution in [0.3, 0.4) is 0 Å². The molecule has 3 fully saturated rings. The van der Waals surface area contributed by atoms with Gasteiger partial charge in [0.25, 0.3) is 0 Å². The average Bonchev–Trinajstić information content (AvgIpc) is 3.28. The highest BCUT2D eigenvalue weighted by Crippen LogP contribution is 2.71. The Kier molecular flexibility index (Phi) is 4.58. The fourth-order valence-electron chi connectivity index (χ4n) is 9.01. The van der Waals surface area contributed by atoms with Crippen LogP contribution in [-0.4, -0.2) is 50.8 Å². The Morgan fingerprint density at radius 3 is 2.64 bits per heavy atom. The van der Waals surface area contributed by atoms with Crippen LogP contribution in [-0.2, 0) is 16.6 Å². The molecule has 5 heteroatoms. The van der Waals surface area contributed by atoms with Crippen molar-refractivity contribution in [3.8, 4) is 0 Å². The van der Waals surface area contributed by atoms with Crippen LogP contribution >= 0.6 is 0 Å². The summed E-state index contributed by atoms with van der Waals surface area (Å²) in [5.41, 5.74) is 2.27. The number of aromatic nitrogens is 1. The molecule has 8 atom stereocenters. The van der Waals surface area contributed by atoms with Crippen molar-refractivity contribution in [2.75, 3.05) is 6.61 Å². The Hall–Kier alpha value is -1.40. The van der Waals surface area contributed by atoms with Gasteiger partial charge in [-0.25, -0.2) is 0 Å². The molecule has 1 aliphatic heterocycles. The van der Waals surface area contributed by atoms with Gasteiger partial charge in [0.2, 0.25) is 0 Å². The van der Waals surface area contributed by atoms with Gasteiger partial charge in [0.15, 0.2) is 0 Å². The van der Waals surface area contributed by atoms with Gasteiger partial charge in [-0.3, -0.25) is 0 Å². The van der Waals surface area contributed by atoms with Crippen LogP contribution in [0.4, 0.5) is 0 Å². The molecule has 33 heavy (non-hydrogen) atoms. The third-order valence-electron chi connectivity index (χ3n) is 11.0. The minimum absolute atomic E-state index is 0.0375. The number of para-hydroxylation sites is 1. The van der Waals surface area contributed by atoms with E-state index in [1.54, 1.807) is 13.8 Å². The van der Waals surface area contributed by atoms with Gasteiger partial charge >= 0.3 is 0 Å². The molecule has 0 radical (unpaired) electrons. The van der Waals surface area contributed by atoms with E-state index in [0.717, 1.165) is 32.1 Å². The van der Waals surface area contributed by atoms with E-state index in [1.807, 2.05) is 0 Å². The summed E-state index contributed by atoms with van der Waals surface area (Å²) in [6.45, 7) is 8.31. The van der Waals surface area contributed by atoms with Crippen LogP contribution in [0.1, 0.15) is 71.1 Å². The molecule has 0 amide bonds. The number of benzene rings is 1. The monoisotopic (exact) mass is 453 g/mol. The smallest absolute Gasteiger partial charge is 0.0885 e. The number of rotatable bonds is 2. The van der Waals surface area contributed by atoms with E-state index in [9.17, 15) is 15.3 Å². The lowest BCUT2D eigenvalue weighted by molar-refractivity contribution is -0.295. The van der Waals surface area contributed by atoms with E-state index in [-0.39, 0.29) is 29.5 Å². The number of H-pyrrole nitrogens is 1. The van der Waals surface area contributed by atoms with Crippen molar-refractivity contribution in [2.45, 2.75) is 95.5 Å². The zero-order chi connectivity index (χ0) is 23.4. The van der Waals surface area contributed by atoms with Crippen LogP contribution < -0.4 is 0 Å². The molecule has 1 saturated heterocycles. The lowest BCUT2D eigenvalue weighted by Crippen LogP contribution is -2.70. The second-order valence-corrected chi connectivity index (χ2v) is 12.5. The van der Waals surface area contributed by atoms with Crippen LogP contribution in [0.15, 0.2) is 24.3 Å². The third kappa shape index (κ3) is 2.57. The van der Waals surface area contributed by atoms with Crippen LogP contribution in [0.5, 0.6) is 0 Å². The number of aliphatic hydroxyl groups is 3. The number of fused-ring (bicyclic) bond motifs is 9. The standard InChI is InChI=1S/C28H39NO4/c1-25(2,32)23-14-21(31)28(15-30)20-10-9-16-13-18-17-7-5-6-8-19(17)29-24(18)27(16,4)26(20,3)12-11-22(28)33-23/h5-8,16,20-23,29-32H,9-15H2,1-4H3/t16?,20-,21-,22?,23+,26+,27-,28-/m1/s1. The summed E-state index contributed by atoms with van der Waals surface area (Å²) in [6.07, 6.45) is 4.04. The van der Waals surface area contributed by atoms with Crippen LogP contribution in [0, 0.1) is 22.7 Å². The predicted molar refractivity (Wildman–Crippen MR) is 128 cm³/mol. The number of aliphatic hydroxyl groups excluding tert-OH is 2. The topological polar surface area (TPSA) is 85.7 Å². The highest BCUT2D eigenvalue weighted by Gasteiger charge is 2.70. The fourth-order valence-corrected chi connectivity index (χ4v) is 9.01. The molecule has 1 aromatic carbocycles. The van der Waals surface area contributed by atoms with E-state index in [4.69, 9.17) is 4.74 Å². The minimum Gasteiger partial charge on any atom is -0.396 e. The van der Waals surface area contributed by atoms with Crippen molar-refractivity contribution in [1.82, 2.24) is 4.98 Å². The van der Waals surface area contributed by atoms with Gasteiger partial charge in [-0.2, -0.15) is 0 Å². The zero-order valence-corrected chi connectivity index (χ0v) is 20.4. The number of hydrogen-bond acceptors (Lipinski definition) is 4. The predicted octanol–water partition coefficient (Wildman–Crippen LogP) is 4.08. The maximum atomic E-state index is 11.6. The first-order chi connectivity index (χ1) is 15.6. The first-order valence-corrected chi connectivity index (χ1v) is 12.8. The summed E-state index contributed by atoms with van der Waals surface area (Å²) in [7, 11) is 0. The first kappa shape index (κ1) is 22.1. The number of aromatic amines is 1. The van der Waals surface area contributed by atoms with Crippen molar-refractivity contribution in [2.24, 2.45) is 22.7 Å². The maximum Gasteiger partial charge on any atom is 0.0885 e. The van der Waals surface area contributed by atoms with E-state index >= 15 is 0 Å². The maximum absolute atomic E-state index is 11.6. The van der Waals surface area contributed by atoms with Gasteiger partial charge in [0.1, 0.15) is 0 Å². The number of nitrogens with one attached hydrogen (secondary N) is 1. The summed E-state index contributed by atoms with van der Waals surface area (Å²) >= 11 is 0. The summed E-state index contributed by atoms with van der Waals surface area (Å²) in [5.74, 6) is 0.729. The van der Waals surface area contributed by atoms with Crippen molar-refractivity contribution in [3.63, 3.8) is 0 Å². The van der Waals surface area contributed by atoms with E-state index in [0.29, 0.717) is 12.3 Å². The second-order valence-electron chi connectivity index (χ2n) is 12.5. The molecule has 180 valence electrons. The molecule has 2 saturated carbocycles. The molecular weight excluding hydrogens is 414 g/mol. The quantitative estimate of drug-likeness (QED) is 0.552. The molecule has 2 unspecified atom stereocenters. The summed E-state index contributed by atoms with van der Waals surface area (Å²) in [6, 6.07) is 8.65. The minimum atomic E-state index is -1.02. The molecule has 2 heterocycles. The average molecular weight is 454 g/mol. The summed E-state index contributed by atoms with van der Waals surface area (Å²) < 4.78 is 6.50. The van der Waals surface area contributed by atoms with E-state index in [2.05, 4.69) is 43.1 Å². The Bertz CT molecular complexity index is 1090. The number of ether oxygens (including phenoxy) is 1. The van der Waals surface area contributed by atoms with Crippen molar-refractivity contribution >= 4 is 10.9 Å². The van der Waals surface area contributed by atoms with Crippen LogP contribution in [0.25, 0.3) is 10.9 Å². The summed E-state index contributed by atoms with van der Waals surface area (Å²) in [4.78, 5) is 3.83. The van der Waals surface area contributed by atoms with Gasteiger partial charge in [0.05, 0.1) is 30.5 Å². The van der Waals surface area contributed by atoms with Crippen molar-refractivity contribution in [1.29, 1.82) is 0 Å². The first-order valence-electron chi connectivity index (χ1n) is 12.8. The van der Waals surface area contributed by atoms with Crippen LogP contribution in [0.2, 0.25) is 0 Å². The molecule has 5 nitrogen and oxygen atoms in total. The molecule has 3 aliphatic carbocycles. The molecule has 6 rings (SSSR count). The molecule has 4 aliphatic rings. The largest absolute Gasteiger partial charge is 0.396 e. The van der Waals surface area contributed by atoms with Crippen molar-refractivity contribution < 1.29 is 20.1 Å². The summed E-state index contributed by atoms with van der Waals surface area (Å²) in [5, 5.41) is 34.5. The SMILES string of the molecule is CC(C)(O)[C@@H]1C[C@@H](O)[C@]2(CO)C(CC[C@@]3(C)[C@H]2CCC2Cc4c([nH]c5ccccc45)[C@@]23C)O1. The highest BCUT2D eigenvalue weighted by molar-refractivity contribution is 5.86. The number of hydrogen-bond donors (Lipinski definition) is 4. The fraction of sp³-hybridized carbons (Fsp3) is 0.714.